The Kier molecular flexibility index (Phi) is 3.08. The lowest BCUT2D eigenvalue weighted by atomic mass is 10.0. The fraction of sp³-hybridized carbons (Fsp3) is 0.462. The van der Waals surface area contributed by atoms with Crippen molar-refractivity contribution in [2.75, 3.05) is 13.7 Å². The van der Waals surface area contributed by atoms with E-state index in [1.807, 2.05) is 24.3 Å². The summed E-state index contributed by atoms with van der Waals surface area (Å²) in [4.78, 5) is 11.7. The van der Waals surface area contributed by atoms with Gasteiger partial charge in [-0.1, -0.05) is 18.2 Å². The summed E-state index contributed by atoms with van der Waals surface area (Å²) in [6.07, 6.45) is 2.49. The Morgan fingerprint density at radius 2 is 2.25 bits per heavy atom. The zero-order valence-electron chi connectivity index (χ0n) is 9.53. The molecule has 0 heterocycles. The van der Waals surface area contributed by atoms with E-state index in [2.05, 4.69) is 0 Å². The van der Waals surface area contributed by atoms with Gasteiger partial charge in [0.1, 0.15) is 0 Å². The van der Waals surface area contributed by atoms with Crippen LogP contribution in [0.3, 0.4) is 0 Å². The lowest BCUT2D eigenvalue weighted by Gasteiger charge is -2.14. The van der Waals surface area contributed by atoms with E-state index in [0.29, 0.717) is 13.0 Å². The molecule has 0 aliphatic heterocycles. The van der Waals surface area contributed by atoms with Gasteiger partial charge in [-0.3, -0.25) is 4.79 Å². The standard InChI is InChI=1S/C13H17NO2/c1-16-13(6-7-13)11-4-2-3-10(9-11)12(15)5-8-14/h2-4,9H,5-8,14H2,1H3. The van der Waals surface area contributed by atoms with Crippen molar-refractivity contribution >= 4 is 5.78 Å². The van der Waals surface area contributed by atoms with Crippen LogP contribution in [0.15, 0.2) is 24.3 Å². The molecule has 0 atom stereocenters. The van der Waals surface area contributed by atoms with Crippen molar-refractivity contribution < 1.29 is 9.53 Å². The van der Waals surface area contributed by atoms with Crippen molar-refractivity contribution in [1.29, 1.82) is 0 Å². The van der Waals surface area contributed by atoms with E-state index < -0.39 is 0 Å². The van der Waals surface area contributed by atoms with Gasteiger partial charge >= 0.3 is 0 Å². The molecule has 16 heavy (non-hydrogen) atoms. The van der Waals surface area contributed by atoms with Gasteiger partial charge in [0.15, 0.2) is 5.78 Å². The van der Waals surface area contributed by atoms with Crippen LogP contribution in [-0.4, -0.2) is 19.4 Å². The van der Waals surface area contributed by atoms with Gasteiger partial charge in [0, 0.05) is 19.1 Å². The molecule has 0 bridgehead atoms. The first-order chi connectivity index (χ1) is 7.72. The van der Waals surface area contributed by atoms with E-state index in [0.717, 1.165) is 24.0 Å². The molecular formula is C13H17NO2. The Balaban J connectivity index is 2.23. The highest BCUT2D eigenvalue weighted by Crippen LogP contribution is 2.48. The zero-order chi connectivity index (χ0) is 11.6. The van der Waals surface area contributed by atoms with Crippen LogP contribution in [0.4, 0.5) is 0 Å². The van der Waals surface area contributed by atoms with E-state index in [1.54, 1.807) is 7.11 Å². The third-order valence-electron chi connectivity index (χ3n) is 3.18. The number of carbonyl (C=O) groups excluding carboxylic acids is 1. The highest BCUT2D eigenvalue weighted by Gasteiger charge is 2.44. The van der Waals surface area contributed by atoms with Gasteiger partial charge in [0.2, 0.25) is 0 Å². The molecule has 0 amide bonds. The van der Waals surface area contributed by atoms with Gasteiger partial charge < -0.3 is 10.5 Å². The fourth-order valence-electron chi connectivity index (χ4n) is 1.98. The molecule has 1 aliphatic carbocycles. The second kappa shape index (κ2) is 4.36. The minimum absolute atomic E-state index is 0.108. The number of Topliss-reactive ketones (excluding diaryl/α,β-unsaturated/α-hetero) is 1. The third-order valence-corrected chi connectivity index (χ3v) is 3.18. The maximum absolute atomic E-state index is 11.7. The number of nitrogens with two attached hydrogens (primary N) is 1. The van der Waals surface area contributed by atoms with Crippen molar-refractivity contribution in [2.45, 2.75) is 24.9 Å². The highest BCUT2D eigenvalue weighted by molar-refractivity contribution is 5.96. The third kappa shape index (κ3) is 2.01. The monoisotopic (exact) mass is 219 g/mol. The minimum Gasteiger partial charge on any atom is -0.374 e. The van der Waals surface area contributed by atoms with Crippen LogP contribution in [0.25, 0.3) is 0 Å². The quantitative estimate of drug-likeness (QED) is 0.769. The van der Waals surface area contributed by atoms with Crippen LogP contribution in [0.1, 0.15) is 35.2 Å². The van der Waals surface area contributed by atoms with Crippen molar-refractivity contribution in [3.05, 3.63) is 35.4 Å². The van der Waals surface area contributed by atoms with E-state index in [9.17, 15) is 4.79 Å². The SMILES string of the molecule is COC1(c2cccc(C(=O)CCN)c2)CC1. The first-order valence-corrected chi connectivity index (χ1v) is 5.61. The number of hydrogen-bond donors (Lipinski definition) is 1. The molecule has 0 radical (unpaired) electrons. The summed E-state index contributed by atoms with van der Waals surface area (Å²) >= 11 is 0. The predicted molar refractivity (Wildman–Crippen MR) is 62.4 cm³/mol. The Morgan fingerprint density at radius 1 is 1.50 bits per heavy atom. The van der Waals surface area contributed by atoms with Gasteiger partial charge in [0.05, 0.1) is 5.60 Å². The van der Waals surface area contributed by atoms with E-state index >= 15 is 0 Å². The Labute approximate surface area is 95.6 Å². The molecule has 2 rings (SSSR count). The summed E-state index contributed by atoms with van der Waals surface area (Å²) in [5.41, 5.74) is 7.11. The molecule has 3 nitrogen and oxygen atoms in total. The molecule has 1 aliphatic rings. The largest absolute Gasteiger partial charge is 0.374 e. The Bertz CT molecular complexity index is 397. The molecule has 0 saturated heterocycles. The van der Waals surface area contributed by atoms with Crippen molar-refractivity contribution in [3.8, 4) is 0 Å². The smallest absolute Gasteiger partial charge is 0.164 e. The van der Waals surface area contributed by atoms with E-state index in [-0.39, 0.29) is 11.4 Å². The summed E-state index contributed by atoms with van der Waals surface area (Å²) in [6.45, 7) is 0.401. The first-order valence-electron chi connectivity index (χ1n) is 5.61. The summed E-state index contributed by atoms with van der Waals surface area (Å²) in [6, 6.07) is 7.72. The minimum atomic E-state index is -0.126. The number of ketones is 1. The van der Waals surface area contributed by atoms with Gasteiger partial charge in [-0.25, -0.2) is 0 Å². The molecule has 0 aromatic heterocycles. The molecule has 1 saturated carbocycles. The molecular weight excluding hydrogens is 202 g/mol. The maximum atomic E-state index is 11.7. The number of methoxy groups -OCH3 is 1. The number of hydrogen-bond acceptors (Lipinski definition) is 3. The average molecular weight is 219 g/mol. The van der Waals surface area contributed by atoms with Gasteiger partial charge in [-0.15, -0.1) is 0 Å². The summed E-state index contributed by atoms with van der Waals surface area (Å²) in [7, 11) is 1.72. The van der Waals surface area contributed by atoms with Crippen molar-refractivity contribution in [1.82, 2.24) is 0 Å². The van der Waals surface area contributed by atoms with Crippen molar-refractivity contribution in [3.63, 3.8) is 0 Å². The van der Waals surface area contributed by atoms with Crippen molar-refractivity contribution in [2.24, 2.45) is 5.73 Å². The predicted octanol–water partition coefficient (Wildman–Crippen LogP) is 1.85. The maximum Gasteiger partial charge on any atom is 0.164 e. The second-order valence-corrected chi connectivity index (χ2v) is 4.24. The van der Waals surface area contributed by atoms with Gasteiger partial charge in [0.25, 0.3) is 0 Å². The summed E-state index contributed by atoms with van der Waals surface area (Å²) < 4.78 is 5.49. The Morgan fingerprint density at radius 3 is 2.81 bits per heavy atom. The molecule has 86 valence electrons. The zero-order valence-corrected chi connectivity index (χ0v) is 9.53. The molecule has 0 unspecified atom stereocenters. The molecule has 3 heteroatoms. The molecule has 1 aromatic rings. The lowest BCUT2D eigenvalue weighted by Crippen LogP contribution is -2.12. The fourth-order valence-corrected chi connectivity index (χ4v) is 1.98. The number of benzene rings is 1. The lowest BCUT2D eigenvalue weighted by molar-refractivity contribution is 0.0788. The average Bonchev–Trinajstić information content (AvgIpc) is 3.10. The number of ether oxygens (including phenoxy) is 1. The molecule has 2 N–H and O–H groups in total. The van der Waals surface area contributed by atoms with Gasteiger partial charge in [-0.05, 0) is 31.0 Å². The highest BCUT2D eigenvalue weighted by atomic mass is 16.5. The second-order valence-electron chi connectivity index (χ2n) is 4.24. The number of carbonyl (C=O) groups is 1. The van der Waals surface area contributed by atoms with Crippen LogP contribution in [0.2, 0.25) is 0 Å². The van der Waals surface area contributed by atoms with Crippen LogP contribution in [0.5, 0.6) is 0 Å². The molecule has 1 aromatic carbocycles. The van der Waals surface area contributed by atoms with Gasteiger partial charge in [-0.2, -0.15) is 0 Å². The van der Waals surface area contributed by atoms with E-state index in [1.165, 1.54) is 0 Å². The summed E-state index contributed by atoms with van der Waals surface area (Å²) in [5, 5.41) is 0. The summed E-state index contributed by atoms with van der Waals surface area (Å²) in [5.74, 6) is 0.108. The van der Waals surface area contributed by atoms with Crippen LogP contribution >= 0.6 is 0 Å². The molecule has 0 spiro atoms. The van der Waals surface area contributed by atoms with E-state index in [4.69, 9.17) is 10.5 Å². The van der Waals surface area contributed by atoms with Crippen LogP contribution in [0, 0.1) is 0 Å². The normalized spacial score (nSPS) is 17.1. The number of rotatable bonds is 5. The topological polar surface area (TPSA) is 52.3 Å². The van der Waals surface area contributed by atoms with Crippen LogP contribution < -0.4 is 5.73 Å². The van der Waals surface area contributed by atoms with Crippen LogP contribution in [-0.2, 0) is 10.3 Å². The molecule has 1 fully saturated rings. The first kappa shape index (κ1) is 11.3. The Hall–Kier alpha value is -1.19.